The van der Waals surface area contributed by atoms with Gasteiger partial charge >= 0.3 is 0 Å². The Morgan fingerprint density at radius 3 is 2.90 bits per heavy atom. The highest BCUT2D eigenvalue weighted by Crippen LogP contribution is 2.24. The number of hydrogen-bond donors (Lipinski definition) is 2. The number of rotatable bonds is 6. The minimum Gasteiger partial charge on any atom is -0.487 e. The molecule has 1 unspecified atom stereocenters. The third kappa shape index (κ3) is 4.24. The number of ether oxygens (including phenoxy) is 1. The fraction of sp³-hybridized carbons (Fsp3) is 0.267. The van der Waals surface area contributed by atoms with Gasteiger partial charge in [-0.05, 0) is 25.1 Å². The van der Waals surface area contributed by atoms with Crippen molar-refractivity contribution in [1.82, 2.24) is 5.32 Å². The number of furan rings is 1. The zero-order chi connectivity index (χ0) is 15.2. The standard InChI is InChI=1S/C15H17ClN2O3/c1-10(21-14-5-3-2-4-13(14)16)8-18-15(19)11-6-12(7-17)20-9-11/h2-6,9-10H,7-8,17H2,1H3,(H,18,19). The molecule has 2 rings (SSSR count). The van der Waals surface area contributed by atoms with Crippen LogP contribution in [0.5, 0.6) is 5.75 Å². The van der Waals surface area contributed by atoms with Gasteiger partial charge in [0.1, 0.15) is 23.9 Å². The molecule has 0 saturated carbocycles. The number of para-hydroxylation sites is 1. The van der Waals surface area contributed by atoms with E-state index in [4.69, 9.17) is 26.5 Å². The van der Waals surface area contributed by atoms with Crippen LogP contribution >= 0.6 is 11.6 Å². The molecule has 6 heteroatoms. The molecule has 0 spiro atoms. The van der Waals surface area contributed by atoms with Crippen molar-refractivity contribution in [3.63, 3.8) is 0 Å². The molecule has 0 aliphatic heterocycles. The van der Waals surface area contributed by atoms with Crippen molar-refractivity contribution in [2.24, 2.45) is 5.73 Å². The van der Waals surface area contributed by atoms with Gasteiger partial charge in [-0.15, -0.1) is 0 Å². The smallest absolute Gasteiger partial charge is 0.254 e. The van der Waals surface area contributed by atoms with Gasteiger partial charge in [-0.1, -0.05) is 23.7 Å². The molecule has 1 aromatic heterocycles. The van der Waals surface area contributed by atoms with Crippen LogP contribution in [0.15, 0.2) is 41.0 Å². The summed E-state index contributed by atoms with van der Waals surface area (Å²) in [6, 6.07) is 8.82. The molecular formula is C15H17ClN2O3. The molecule has 3 N–H and O–H groups in total. The molecular weight excluding hydrogens is 292 g/mol. The first kappa shape index (κ1) is 15.4. The second-order valence-corrected chi connectivity index (χ2v) is 4.98. The van der Waals surface area contributed by atoms with Gasteiger partial charge in [0.15, 0.2) is 0 Å². The molecule has 5 nitrogen and oxygen atoms in total. The summed E-state index contributed by atoms with van der Waals surface area (Å²) in [6.45, 7) is 2.47. The van der Waals surface area contributed by atoms with Crippen LogP contribution in [0.25, 0.3) is 0 Å². The highest BCUT2D eigenvalue weighted by Gasteiger charge is 2.12. The Bertz CT molecular complexity index is 612. The van der Waals surface area contributed by atoms with E-state index in [1.165, 1.54) is 6.26 Å². The van der Waals surface area contributed by atoms with E-state index in [-0.39, 0.29) is 18.6 Å². The lowest BCUT2D eigenvalue weighted by atomic mass is 10.3. The van der Waals surface area contributed by atoms with Crippen LogP contribution in [0, 0.1) is 0 Å². The van der Waals surface area contributed by atoms with Crippen LogP contribution < -0.4 is 15.8 Å². The Labute approximate surface area is 128 Å². The van der Waals surface area contributed by atoms with Crippen molar-refractivity contribution in [1.29, 1.82) is 0 Å². The average molecular weight is 309 g/mol. The SMILES string of the molecule is CC(CNC(=O)c1coc(CN)c1)Oc1ccccc1Cl. The molecule has 0 radical (unpaired) electrons. The predicted octanol–water partition coefficient (Wildman–Crippen LogP) is 2.59. The van der Waals surface area contributed by atoms with Crippen LogP contribution in [0.4, 0.5) is 0 Å². The Kier molecular flexibility index (Phi) is 5.25. The maximum Gasteiger partial charge on any atom is 0.254 e. The first-order valence-corrected chi connectivity index (χ1v) is 6.95. The second kappa shape index (κ2) is 7.15. The normalized spacial score (nSPS) is 12.0. The fourth-order valence-corrected chi connectivity index (χ4v) is 1.92. The molecule has 1 heterocycles. The van der Waals surface area contributed by atoms with E-state index < -0.39 is 0 Å². The van der Waals surface area contributed by atoms with Crippen LogP contribution in [0.1, 0.15) is 23.0 Å². The molecule has 0 saturated heterocycles. The number of nitrogens with two attached hydrogens (primary N) is 1. The van der Waals surface area contributed by atoms with Crippen molar-refractivity contribution < 1.29 is 13.9 Å². The van der Waals surface area contributed by atoms with Crippen LogP contribution in [0.2, 0.25) is 5.02 Å². The van der Waals surface area contributed by atoms with Crippen molar-refractivity contribution in [3.05, 3.63) is 52.9 Å². The Hall–Kier alpha value is -1.98. The maximum atomic E-state index is 11.9. The molecule has 112 valence electrons. The maximum absolute atomic E-state index is 11.9. The van der Waals surface area contributed by atoms with E-state index >= 15 is 0 Å². The summed E-state index contributed by atoms with van der Waals surface area (Å²) in [7, 11) is 0. The zero-order valence-corrected chi connectivity index (χ0v) is 12.4. The number of carbonyl (C=O) groups is 1. The van der Waals surface area contributed by atoms with E-state index in [1.54, 1.807) is 18.2 Å². The van der Waals surface area contributed by atoms with Gasteiger partial charge in [0.2, 0.25) is 0 Å². The van der Waals surface area contributed by atoms with E-state index in [9.17, 15) is 4.79 Å². The van der Waals surface area contributed by atoms with Gasteiger partial charge in [0.05, 0.1) is 23.7 Å². The molecule has 1 aromatic carbocycles. The first-order valence-electron chi connectivity index (χ1n) is 6.57. The lowest BCUT2D eigenvalue weighted by Gasteiger charge is -2.16. The Morgan fingerprint density at radius 1 is 1.48 bits per heavy atom. The van der Waals surface area contributed by atoms with Gasteiger partial charge in [0.25, 0.3) is 5.91 Å². The van der Waals surface area contributed by atoms with E-state index in [0.29, 0.717) is 28.6 Å². The Morgan fingerprint density at radius 2 is 2.24 bits per heavy atom. The van der Waals surface area contributed by atoms with E-state index in [1.807, 2.05) is 19.1 Å². The number of carbonyl (C=O) groups excluding carboxylic acids is 1. The monoisotopic (exact) mass is 308 g/mol. The molecule has 2 aromatic rings. The molecule has 1 atom stereocenters. The number of hydrogen-bond acceptors (Lipinski definition) is 4. The summed E-state index contributed by atoms with van der Waals surface area (Å²) in [5.41, 5.74) is 5.87. The van der Waals surface area contributed by atoms with Crippen molar-refractivity contribution in [3.8, 4) is 5.75 Å². The van der Waals surface area contributed by atoms with Gasteiger partial charge in [-0.25, -0.2) is 0 Å². The van der Waals surface area contributed by atoms with E-state index in [2.05, 4.69) is 5.32 Å². The minimum atomic E-state index is -0.229. The third-order valence-corrected chi connectivity index (χ3v) is 3.14. The molecule has 0 aliphatic rings. The lowest BCUT2D eigenvalue weighted by Crippen LogP contribution is -2.33. The summed E-state index contributed by atoms with van der Waals surface area (Å²) in [5.74, 6) is 0.934. The molecule has 21 heavy (non-hydrogen) atoms. The second-order valence-electron chi connectivity index (χ2n) is 4.57. The fourth-order valence-electron chi connectivity index (χ4n) is 1.74. The van der Waals surface area contributed by atoms with E-state index in [0.717, 1.165) is 0 Å². The van der Waals surface area contributed by atoms with Gasteiger partial charge in [-0.3, -0.25) is 4.79 Å². The van der Waals surface area contributed by atoms with Gasteiger partial charge in [0, 0.05) is 0 Å². The van der Waals surface area contributed by atoms with Crippen LogP contribution in [-0.4, -0.2) is 18.6 Å². The molecule has 1 amide bonds. The zero-order valence-electron chi connectivity index (χ0n) is 11.6. The third-order valence-electron chi connectivity index (χ3n) is 2.83. The molecule has 0 fully saturated rings. The van der Waals surface area contributed by atoms with Crippen molar-refractivity contribution >= 4 is 17.5 Å². The summed E-state index contributed by atoms with van der Waals surface area (Å²) < 4.78 is 10.8. The average Bonchev–Trinajstić information content (AvgIpc) is 2.96. The summed E-state index contributed by atoms with van der Waals surface area (Å²) in [6.07, 6.45) is 1.17. The summed E-state index contributed by atoms with van der Waals surface area (Å²) in [4.78, 5) is 11.9. The number of amides is 1. The highest BCUT2D eigenvalue weighted by molar-refractivity contribution is 6.32. The van der Waals surface area contributed by atoms with Crippen molar-refractivity contribution in [2.75, 3.05) is 6.54 Å². The van der Waals surface area contributed by atoms with Gasteiger partial charge < -0.3 is 20.2 Å². The van der Waals surface area contributed by atoms with Crippen LogP contribution in [-0.2, 0) is 6.54 Å². The number of nitrogens with one attached hydrogen (secondary N) is 1. The quantitative estimate of drug-likeness (QED) is 0.860. The predicted molar refractivity (Wildman–Crippen MR) is 80.5 cm³/mol. The number of halogens is 1. The van der Waals surface area contributed by atoms with Gasteiger partial charge in [-0.2, -0.15) is 0 Å². The number of benzene rings is 1. The summed E-state index contributed by atoms with van der Waals surface area (Å²) in [5, 5.41) is 3.31. The van der Waals surface area contributed by atoms with Crippen LogP contribution in [0.3, 0.4) is 0 Å². The first-order chi connectivity index (χ1) is 10.1. The summed E-state index contributed by atoms with van der Waals surface area (Å²) >= 11 is 6.01. The topological polar surface area (TPSA) is 77.5 Å². The molecule has 0 aliphatic carbocycles. The highest BCUT2D eigenvalue weighted by atomic mass is 35.5. The van der Waals surface area contributed by atoms with Crippen molar-refractivity contribution in [2.45, 2.75) is 19.6 Å². The molecule has 0 bridgehead atoms. The largest absolute Gasteiger partial charge is 0.487 e. The lowest BCUT2D eigenvalue weighted by molar-refractivity contribution is 0.0931. The Balaban J connectivity index is 1.85. The minimum absolute atomic E-state index is 0.213.